The first-order valence-corrected chi connectivity index (χ1v) is 7.06. The van der Waals surface area contributed by atoms with E-state index < -0.39 is 0 Å². The molecule has 110 valence electrons. The highest BCUT2D eigenvalue weighted by Crippen LogP contribution is 2.19. The number of hydrogen-bond acceptors (Lipinski definition) is 5. The highest BCUT2D eigenvalue weighted by Gasteiger charge is 2.20. The Bertz CT molecular complexity index is 619. The molecule has 0 spiro atoms. The lowest BCUT2D eigenvalue weighted by atomic mass is 10.1. The molecule has 1 aromatic carbocycles. The SMILES string of the molecule is O=[N+]([O-])c1ccc(CCn2cc(CNC3CC3)nn2)cc1. The predicted molar refractivity (Wildman–Crippen MR) is 76.7 cm³/mol. The summed E-state index contributed by atoms with van der Waals surface area (Å²) in [6.45, 7) is 1.48. The third-order valence-corrected chi connectivity index (χ3v) is 3.51. The normalized spacial score (nSPS) is 14.3. The van der Waals surface area contributed by atoms with Crippen LogP contribution in [0.1, 0.15) is 24.1 Å². The molecule has 1 heterocycles. The van der Waals surface area contributed by atoms with Crippen molar-refractivity contribution in [3.8, 4) is 0 Å². The quantitative estimate of drug-likeness (QED) is 0.618. The zero-order valence-electron chi connectivity index (χ0n) is 11.6. The summed E-state index contributed by atoms with van der Waals surface area (Å²) in [6.07, 6.45) is 5.24. The number of hydrogen-bond donors (Lipinski definition) is 1. The summed E-state index contributed by atoms with van der Waals surface area (Å²) in [5.41, 5.74) is 2.12. The number of non-ortho nitro benzene ring substituents is 1. The molecule has 7 heteroatoms. The average molecular weight is 287 g/mol. The molecule has 0 aliphatic heterocycles. The van der Waals surface area contributed by atoms with Gasteiger partial charge in [0.1, 0.15) is 0 Å². The lowest BCUT2D eigenvalue weighted by molar-refractivity contribution is -0.384. The van der Waals surface area contributed by atoms with E-state index in [0.29, 0.717) is 12.6 Å². The van der Waals surface area contributed by atoms with Gasteiger partial charge in [-0.05, 0) is 24.8 Å². The lowest BCUT2D eigenvalue weighted by Crippen LogP contribution is -2.15. The zero-order valence-corrected chi connectivity index (χ0v) is 11.6. The van der Waals surface area contributed by atoms with Crippen molar-refractivity contribution in [1.29, 1.82) is 0 Å². The Morgan fingerprint density at radius 2 is 2.10 bits per heavy atom. The van der Waals surface area contributed by atoms with Gasteiger partial charge in [-0.15, -0.1) is 5.10 Å². The number of rotatable bonds is 7. The first kappa shape index (κ1) is 13.7. The van der Waals surface area contributed by atoms with Crippen molar-refractivity contribution in [2.24, 2.45) is 0 Å². The van der Waals surface area contributed by atoms with Gasteiger partial charge in [0.15, 0.2) is 0 Å². The van der Waals surface area contributed by atoms with Crippen LogP contribution in [0, 0.1) is 10.1 Å². The molecule has 1 aromatic heterocycles. The van der Waals surface area contributed by atoms with Gasteiger partial charge in [-0.3, -0.25) is 14.8 Å². The number of aromatic nitrogens is 3. The zero-order chi connectivity index (χ0) is 14.7. The van der Waals surface area contributed by atoms with Crippen LogP contribution in [0.15, 0.2) is 30.5 Å². The monoisotopic (exact) mass is 287 g/mol. The second-order valence-electron chi connectivity index (χ2n) is 5.30. The Balaban J connectivity index is 1.50. The van der Waals surface area contributed by atoms with Crippen LogP contribution in [0.4, 0.5) is 5.69 Å². The van der Waals surface area contributed by atoms with Gasteiger partial charge in [-0.1, -0.05) is 17.3 Å². The van der Waals surface area contributed by atoms with Gasteiger partial charge in [-0.25, -0.2) is 0 Å². The summed E-state index contributed by atoms with van der Waals surface area (Å²) in [5, 5.41) is 22.2. The molecule has 0 amide bonds. The highest BCUT2D eigenvalue weighted by atomic mass is 16.6. The molecule has 0 saturated heterocycles. The van der Waals surface area contributed by atoms with E-state index in [9.17, 15) is 10.1 Å². The van der Waals surface area contributed by atoms with E-state index in [1.165, 1.54) is 25.0 Å². The van der Waals surface area contributed by atoms with Gasteiger partial charge in [0.05, 0.1) is 10.6 Å². The van der Waals surface area contributed by atoms with E-state index in [-0.39, 0.29) is 10.6 Å². The Labute approximate surface area is 122 Å². The third-order valence-electron chi connectivity index (χ3n) is 3.51. The molecule has 3 rings (SSSR count). The molecule has 1 N–H and O–H groups in total. The van der Waals surface area contributed by atoms with Crippen molar-refractivity contribution < 1.29 is 4.92 Å². The van der Waals surface area contributed by atoms with E-state index in [1.54, 1.807) is 12.1 Å². The fourth-order valence-electron chi connectivity index (χ4n) is 2.09. The number of benzene rings is 1. The van der Waals surface area contributed by atoms with Crippen molar-refractivity contribution in [3.63, 3.8) is 0 Å². The smallest absolute Gasteiger partial charge is 0.269 e. The second kappa shape index (κ2) is 6.01. The van der Waals surface area contributed by atoms with Gasteiger partial charge in [0.2, 0.25) is 0 Å². The minimum atomic E-state index is -0.389. The Hall–Kier alpha value is -2.28. The molecule has 1 aliphatic rings. The van der Waals surface area contributed by atoms with Crippen LogP contribution in [0.2, 0.25) is 0 Å². The van der Waals surface area contributed by atoms with E-state index >= 15 is 0 Å². The lowest BCUT2D eigenvalue weighted by Gasteiger charge is -2.01. The average Bonchev–Trinajstić information content (AvgIpc) is 3.21. The van der Waals surface area contributed by atoms with Gasteiger partial charge >= 0.3 is 0 Å². The van der Waals surface area contributed by atoms with E-state index in [4.69, 9.17) is 0 Å². The highest BCUT2D eigenvalue weighted by molar-refractivity contribution is 5.32. The Morgan fingerprint density at radius 1 is 1.33 bits per heavy atom. The molecule has 0 radical (unpaired) electrons. The molecule has 0 bridgehead atoms. The fraction of sp³-hybridized carbons (Fsp3) is 0.429. The number of nitrogens with zero attached hydrogens (tertiary/aromatic N) is 4. The molecular weight excluding hydrogens is 270 g/mol. The fourth-order valence-corrected chi connectivity index (χ4v) is 2.09. The molecule has 1 fully saturated rings. The largest absolute Gasteiger partial charge is 0.308 e. The van der Waals surface area contributed by atoms with Crippen LogP contribution in [0.25, 0.3) is 0 Å². The topological polar surface area (TPSA) is 85.9 Å². The number of nitro benzene ring substituents is 1. The minimum absolute atomic E-state index is 0.118. The van der Waals surface area contributed by atoms with Crippen LogP contribution in [0.3, 0.4) is 0 Å². The molecule has 7 nitrogen and oxygen atoms in total. The Morgan fingerprint density at radius 3 is 2.76 bits per heavy atom. The van der Waals surface area contributed by atoms with E-state index in [1.807, 2.05) is 10.9 Å². The maximum atomic E-state index is 10.6. The molecule has 21 heavy (non-hydrogen) atoms. The summed E-state index contributed by atoms with van der Waals surface area (Å²) in [5.74, 6) is 0. The summed E-state index contributed by atoms with van der Waals surface area (Å²) < 4.78 is 1.81. The molecular formula is C14H17N5O2. The van der Waals surface area contributed by atoms with Crippen LogP contribution in [-0.4, -0.2) is 26.0 Å². The third kappa shape index (κ3) is 3.85. The minimum Gasteiger partial charge on any atom is -0.308 e. The van der Waals surface area contributed by atoms with Gasteiger partial charge in [0.25, 0.3) is 5.69 Å². The van der Waals surface area contributed by atoms with Crippen molar-refractivity contribution >= 4 is 5.69 Å². The maximum absolute atomic E-state index is 10.6. The maximum Gasteiger partial charge on any atom is 0.269 e. The molecule has 1 saturated carbocycles. The van der Waals surface area contributed by atoms with Gasteiger partial charge in [0, 0.05) is 37.5 Å². The first-order valence-electron chi connectivity index (χ1n) is 7.06. The molecule has 0 atom stereocenters. The van der Waals surface area contributed by atoms with Gasteiger partial charge in [-0.2, -0.15) is 0 Å². The standard InChI is InChI=1S/C14H17N5O2/c20-19(21)14-5-1-11(2-6-14)7-8-18-10-13(16-17-18)9-15-12-3-4-12/h1-2,5-6,10,12,15H,3-4,7-9H2. The predicted octanol–water partition coefficient (Wildman–Crippen LogP) is 1.68. The summed E-state index contributed by atoms with van der Waals surface area (Å²) in [4.78, 5) is 10.2. The number of aryl methyl sites for hydroxylation is 2. The van der Waals surface area contributed by atoms with Crippen molar-refractivity contribution in [2.75, 3.05) is 0 Å². The summed E-state index contributed by atoms with van der Waals surface area (Å²) >= 11 is 0. The van der Waals surface area contributed by atoms with Crippen LogP contribution < -0.4 is 5.32 Å². The number of nitro groups is 1. The summed E-state index contributed by atoms with van der Waals surface area (Å²) in [6, 6.07) is 7.29. The van der Waals surface area contributed by atoms with E-state index in [2.05, 4.69) is 15.6 Å². The first-order chi connectivity index (χ1) is 10.2. The van der Waals surface area contributed by atoms with Crippen LogP contribution >= 0.6 is 0 Å². The van der Waals surface area contributed by atoms with Crippen molar-refractivity contribution in [2.45, 2.75) is 38.4 Å². The van der Waals surface area contributed by atoms with Crippen LogP contribution in [0.5, 0.6) is 0 Å². The molecule has 0 unspecified atom stereocenters. The molecule has 2 aromatic rings. The van der Waals surface area contributed by atoms with Crippen molar-refractivity contribution in [1.82, 2.24) is 20.3 Å². The van der Waals surface area contributed by atoms with Gasteiger partial charge < -0.3 is 5.32 Å². The second-order valence-corrected chi connectivity index (χ2v) is 5.30. The summed E-state index contributed by atoms with van der Waals surface area (Å²) in [7, 11) is 0. The molecule has 1 aliphatic carbocycles. The van der Waals surface area contributed by atoms with E-state index in [0.717, 1.165) is 24.2 Å². The van der Waals surface area contributed by atoms with Crippen molar-refractivity contribution in [3.05, 3.63) is 51.8 Å². The van der Waals surface area contributed by atoms with Crippen LogP contribution in [-0.2, 0) is 19.5 Å². The number of nitrogens with one attached hydrogen (secondary N) is 1. The Kier molecular flexibility index (Phi) is 3.92.